The molecule has 0 aliphatic rings. The lowest BCUT2D eigenvalue weighted by Crippen LogP contribution is -2.51. The summed E-state index contributed by atoms with van der Waals surface area (Å²) in [5, 5.41) is 2.33. The van der Waals surface area contributed by atoms with E-state index in [0.717, 1.165) is 4.90 Å². The van der Waals surface area contributed by atoms with E-state index < -0.39 is 48.9 Å². The van der Waals surface area contributed by atoms with Crippen LogP contribution in [-0.4, -0.2) is 60.9 Å². The van der Waals surface area contributed by atoms with E-state index in [1.165, 1.54) is 14.0 Å². The molecule has 0 heterocycles. The van der Waals surface area contributed by atoms with Crippen molar-refractivity contribution in [3.8, 4) is 0 Å². The fraction of sp³-hybridized carbons (Fsp3) is 0.765. The van der Waals surface area contributed by atoms with Crippen molar-refractivity contribution in [2.45, 2.75) is 59.6 Å². The van der Waals surface area contributed by atoms with E-state index in [9.17, 15) is 19.2 Å². The third-order valence-electron chi connectivity index (χ3n) is 3.05. The number of carbonyl (C=O) groups is 4. The van der Waals surface area contributed by atoms with Gasteiger partial charge in [-0.1, -0.05) is 13.8 Å². The van der Waals surface area contributed by atoms with Crippen molar-refractivity contribution in [1.29, 1.82) is 0 Å². The highest BCUT2D eigenvalue weighted by Crippen LogP contribution is 2.14. The van der Waals surface area contributed by atoms with Gasteiger partial charge in [-0.05, 0) is 33.1 Å². The molecule has 1 atom stereocenters. The Labute approximate surface area is 154 Å². The molecule has 9 nitrogen and oxygen atoms in total. The predicted octanol–water partition coefficient (Wildman–Crippen LogP) is 1.45. The van der Waals surface area contributed by atoms with Gasteiger partial charge >= 0.3 is 18.0 Å². The zero-order chi connectivity index (χ0) is 20.5. The van der Waals surface area contributed by atoms with Crippen molar-refractivity contribution in [3.63, 3.8) is 0 Å². The Morgan fingerprint density at radius 3 is 2.12 bits per heavy atom. The Balaban J connectivity index is 5.18. The SMILES string of the molecule is COC(=O)[C@H](CC(C)C)N(COC(C)=O)C(=O)CNC(=O)OC(C)(C)C. The molecule has 0 saturated carbocycles. The van der Waals surface area contributed by atoms with Crippen LogP contribution in [0, 0.1) is 5.92 Å². The molecular weight excluding hydrogens is 344 g/mol. The zero-order valence-corrected chi connectivity index (χ0v) is 16.6. The van der Waals surface area contributed by atoms with Crippen molar-refractivity contribution in [3.05, 3.63) is 0 Å². The Hall–Kier alpha value is -2.32. The molecule has 0 rings (SSSR count). The van der Waals surface area contributed by atoms with Crippen LogP contribution in [0.2, 0.25) is 0 Å². The highest BCUT2D eigenvalue weighted by atomic mass is 16.6. The van der Waals surface area contributed by atoms with Crippen LogP contribution in [0.4, 0.5) is 4.79 Å². The first-order valence-corrected chi connectivity index (χ1v) is 8.34. The van der Waals surface area contributed by atoms with Crippen molar-refractivity contribution < 1.29 is 33.4 Å². The molecule has 0 aliphatic heterocycles. The summed E-state index contributed by atoms with van der Waals surface area (Å²) in [4.78, 5) is 48.5. The van der Waals surface area contributed by atoms with Gasteiger partial charge in [-0.3, -0.25) is 14.5 Å². The molecule has 150 valence electrons. The summed E-state index contributed by atoms with van der Waals surface area (Å²) in [6.45, 7) is 9.19. The fourth-order valence-electron chi connectivity index (χ4n) is 1.99. The normalized spacial score (nSPS) is 12.2. The second-order valence-corrected chi connectivity index (χ2v) is 7.15. The van der Waals surface area contributed by atoms with Gasteiger partial charge in [0.15, 0.2) is 6.73 Å². The average molecular weight is 374 g/mol. The molecule has 0 fully saturated rings. The smallest absolute Gasteiger partial charge is 0.408 e. The van der Waals surface area contributed by atoms with Crippen LogP contribution in [0.25, 0.3) is 0 Å². The quantitative estimate of drug-likeness (QED) is 0.389. The summed E-state index contributed by atoms with van der Waals surface area (Å²) in [6, 6.07) is -0.938. The number of hydrogen-bond acceptors (Lipinski definition) is 7. The summed E-state index contributed by atoms with van der Waals surface area (Å²) >= 11 is 0. The molecule has 0 radical (unpaired) electrons. The van der Waals surface area contributed by atoms with E-state index in [-0.39, 0.29) is 5.92 Å². The predicted molar refractivity (Wildman–Crippen MR) is 93.0 cm³/mol. The molecule has 0 aromatic rings. The number of carbonyl (C=O) groups excluding carboxylic acids is 4. The van der Waals surface area contributed by atoms with E-state index in [2.05, 4.69) is 5.32 Å². The van der Waals surface area contributed by atoms with Crippen molar-refractivity contribution in [2.75, 3.05) is 20.4 Å². The van der Waals surface area contributed by atoms with Gasteiger partial charge < -0.3 is 19.5 Å². The van der Waals surface area contributed by atoms with Gasteiger partial charge in [-0.2, -0.15) is 0 Å². The molecule has 0 aliphatic carbocycles. The Kier molecular flexibility index (Phi) is 9.67. The molecule has 0 aromatic carbocycles. The third-order valence-corrected chi connectivity index (χ3v) is 3.05. The summed E-state index contributed by atoms with van der Waals surface area (Å²) in [7, 11) is 1.21. The van der Waals surface area contributed by atoms with Crippen LogP contribution >= 0.6 is 0 Å². The Morgan fingerprint density at radius 2 is 1.69 bits per heavy atom. The van der Waals surface area contributed by atoms with E-state index in [1.54, 1.807) is 20.8 Å². The molecule has 0 saturated heterocycles. The number of methoxy groups -OCH3 is 1. The number of nitrogens with zero attached hydrogens (tertiary/aromatic N) is 1. The van der Waals surface area contributed by atoms with Crippen molar-refractivity contribution >= 4 is 23.9 Å². The lowest BCUT2D eigenvalue weighted by atomic mass is 10.0. The van der Waals surface area contributed by atoms with Gasteiger partial charge in [-0.25, -0.2) is 9.59 Å². The zero-order valence-electron chi connectivity index (χ0n) is 16.6. The lowest BCUT2D eigenvalue weighted by Gasteiger charge is -2.30. The highest BCUT2D eigenvalue weighted by molar-refractivity contribution is 5.87. The maximum absolute atomic E-state index is 12.5. The second-order valence-electron chi connectivity index (χ2n) is 7.15. The van der Waals surface area contributed by atoms with Crippen LogP contribution in [0.3, 0.4) is 0 Å². The van der Waals surface area contributed by atoms with Gasteiger partial charge in [0, 0.05) is 6.92 Å². The fourth-order valence-corrected chi connectivity index (χ4v) is 1.99. The van der Waals surface area contributed by atoms with E-state index in [0.29, 0.717) is 6.42 Å². The number of rotatable bonds is 8. The van der Waals surface area contributed by atoms with Crippen molar-refractivity contribution in [1.82, 2.24) is 10.2 Å². The Bertz CT molecular complexity index is 512. The van der Waals surface area contributed by atoms with Gasteiger partial charge in [0.25, 0.3) is 0 Å². The molecule has 9 heteroatoms. The number of amides is 2. The largest absolute Gasteiger partial charge is 0.467 e. The summed E-state index contributed by atoms with van der Waals surface area (Å²) in [5.74, 6) is -1.76. The standard InChI is InChI=1S/C17H30N2O7/c1-11(2)8-13(15(22)24-7)19(10-25-12(3)20)14(21)9-18-16(23)26-17(4,5)6/h11,13H,8-10H2,1-7H3,(H,18,23)/t13-/m0/s1. The van der Waals surface area contributed by atoms with Crippen molar-refractivity contribution in [2.24, 2.45) is 5.92 Å². The maximum atomic E-state index is 12.5. The lowest BCUT2D eigenvalue weighted by molar-refractivity contribution is -0.163. The number of alkyl carbamates (subject to hydrolysis) is 1. The number of hydrogen-bond donors (Lipinski definition) is 1. The number of esters is 2. The second kappa shape index (κ2) is 10.6. The topological polar surface area (TPSA) is 111 Å². The average Bonchev–Trinajstić information content (AvgIpc) is 2.48. The van der Waals surface area contributed by atoms with Crippen LogP contribution in [0.15, 0.2) is 0 Å². The summed E-state index contributed by atoms with van der Waals surface area (Å²) in [6.07, 6.45) is -0.455. The van der Waals surface area contributed by atoms with E-state index in [4.69, 9.17) is 14.2 Å². The van der Waals surface area contributed by atoms with Gasteiger partial charge in [0.05, 0.1) is 7.11 Å². The highest BCUT2D eigenvalue weighted by Gasteiger charge is 2.32. The van der Waals surface area contributed by atoms with Crippen LogP contribution < -0.4 is 5.32 Å². The summed E-state index contributed by atoms with van der Waals surface area (Å²) in [5.41, 5.74) is -0.712. The maximum Gasteiger partial charge on any atom is 0.408 e. The van der Waals surface area contributed by atoms with Gasteiger partial charge in [0.2, 0.25) is 5.91 Å². The van der Waals surface area contributed by atoms with E-state index >= 15 is 0 Å². The number of nitrogens with one attached hydrogen (secondary N) is 1. The van der Waals surface area contributed by atoms with Crippen LogP contribution in [-0.2, 0) is 28.6 Å². The minimum absolute atomic E-state index is 0.0746. The molecule has 0 aromatic heterocycles. The molecule has 0 unspecified atom stereocenters. The van der Waals surface area contributed by atoms with Gasteiger partial charge in [0.1, 0.15) is 18.2 Å². The van der Waals surface area contributed by atoms with Crippen LogP contribution in [0.1, 0.15) is 48.0 Å². The minimum atomic E-state index is -0.938. The summed E-state index contributed by atoms with van der Waals surface area (Å²) < 4.78 is 14.7. The number of ether oxygens (including phenoxy) is 3. The first-order valence-electron chi connectivity index (χ1n) is 8.34. The first kappa shape index (κ1) is 23.7. The Morgan fingerprint density at radius 1 is 1.12 bits per heavy atom. The molecule has 0 spiro atoms. The molecule has 26 heavy (non-hydrogen) atoms. The van der Waals surface area contributed by atoms with Gasteiger partial charge in [-0.15, -0.1) is 0 Å². The van der Waals surface area contributed by atoms with Crippen LogP contribution in [0.5, 0.6) is 0 Å². The molecular formula is C17H30N2O7. The molecule has 1 N–H and O–H groups in total. The third kappa shape index (κ3) is 9.85. The first-order chi connectivity index (χ1) is 11.9. The van der Waals surface area contributed by atoms with E-state index in [1.807, 2.05) is 13.8 Å². The monoisotopic (exact) mass is 374 g/mol. The minimum Gasteiger partial charge on any atom is -0.467 e. The molecule has 0 bridgehead atoms. The molecule has 2 amide bonds.